The molecule has 23 heavy (non-hydrogen) atoms. The summed E-state index contributed by atoms with van der Waals surface area (Å²) in [5.41, 5.74) is 1.15. The largest absolute Gasteiger partial charge is 0.376 e. The molecule has 0 aliphatic carbocycles. The van der Waals surface area contributed by atoms with Gasteiger partial charge in [0.15, 0.2) is 5.13 Å². The molecule has 1 fully saturated rings. The number of hydrogen-bond donors (Lipinski definition) is 2. The molecule has 1 amide bonds. The van der Waals surface area contributed by atoms with E-state index < -0.39 is 0 Å². The van der Waals surface area contributed by atoms with Crippen LogP contribution in [0.25, 0.3) is 0 Å². The van der Waals surface area contributed by atoms with Crippen LogP contribution in [0.3, 0.4) is 0 Å². The van der Waals surface area contributed by atoms with E-state index in [-0.39, 0.29) is 12.0 Å². The van der Waals surface area contributed by atoms with Crippen LogP contribution in [0, 0.1) is 0 Å². The number of hydrogen-bond acceptors (Lipinski definition) is 5. The van der Waals surface area contributed by atoms with E-state index in [2.05, 4.69) is 15.6 Å². The third-order valence-electron chi connectivity index (χ3n) is 3.42. The summed E-state index contributed by atoms with van der Waals surface area (Å²) in [4.78, 5) is 16.4. The summed E-state index contributed by atoms with van der Waals surface area (Å²) >= 11 is 13.2. The minimum absolute atomic E-state index is 0.117. The number of carbonyl (C=O) groups excluding carboxylic acids is 1. The van der Waals surface area contributed by atoms with Crippen molar-refractivity contribution in [2.24, 2.45) is 0 Å². The Bertz CT molecular complexity index is 702. The summed E-state index contributed by atoms with van der Waals surface area (Å²) < 4.78 is 5.48. The average molecular weight is 372 g/mol. The van der Waals surface area contributed by atoms with E-state index in [0.717, 1.165) is 25.1 Å². The fraction of sp³-hybridized carbons (Fsp3) is 0.333. The monoisotopic (exact) mass is 371 g/mol. The summed E-state index contributed by atoms with van der Waals surface area (Å²) in [5.74, 6) is -0.195. The summed E-state index contributed by atoms with van der Waals surface area (Å²) in [7, 11) is 0. The van der Waals surface area contributed by atoms with Gasteiger partial charge in [0.25, 0.3) is 5.91 Å². The predicted octanol–water partition coefficient (Wildman–Crippen LogP) is 4.10. The van der Waals surface area contributed by atoms with Gasteiger partial charge in [-0.05, 0) is 31.0 Å². The normalized spacial score (nSPS) is 17.2. The lowest BCUT2D eigenvalue weighted by molar-refractivity contribution is 0.0854. The molecule has 1 aliphatic heterocycles. The highest BCUT2D eigenvalue weighted by Gasteiger charge is 2.18. The second-order valence-electron chi connectivity index (χ2n) is 5.14. The molecule has 2 heterocycles. The smallest absolute Gasteiger partial charge is 0.270 e. The van der Waals surface area contributed by atoms with E-state index in [1.54, 1.807) is 23.6 Å². The Morgan fingerprint density at radius 1 is 1.39 bits per heavy atom. The Balaban J connectivity index is 1.58. The molecule has 1 atom stereocenters. The maximum Gasteiger partial charge on any atom is 0.270 e. The zero-order chi connectivity index (χ0) is 16.2. The maximum atomic E-state index is 12.1. The summed E-state index contributed by atoms with van der Waals surface area (Å²) in [6.07, 6.45) is 2.16. The summed E-state index contributed by atoms with van der Waals surface area (Å²) in [6, 6.07) is 5.21. The lowest BCUT2D eigenvalue weighted by Crippen LogP contribution is -2.31. The van der Waals surface area contributed by atoms with Crippen molar-refractivity contribution in [2.45, 2.75) is 18.9 Å². The van der Waals surface area contributed by atoms with Gasteiger partial charge < -0.3 is 15.4 Å². The molecule has 0 spiro atoms. The molecule has 1 aromatic heterocycles. The predicted molar refractivity (Wildman–Crippen MR) is 93.2 cm³/mol. The Hall–Kier alpha value is -1.34. The number of ether oxygens (including phenoxy) is 1. The standard InChI is InChI=1S/C15H15Cl2N3O2S/c16-11-4-3-9(6-12(11)17)19-15-20-13(8-23-15)14(21)18-7-10-2-1-5-22-10/h3-4,6,8,10H,1-2,5,7H2,(H,18,21)(H,19,20)/t10-/m0/s1. The maximum absolute atomic E-state index is 12.1. The molecule has 0 unspecified atom stereocenters. The molecule has 5 nitrogen and oxygen atoms in total. The van der Waals surface area contributed by atoms with Crippen LogP contribution in [-0.2, 0) is 4.74 Å². The van der Waals surface area contributed by atoms with E-state index in [1.165, 1.54) is 11.3 Å². The Labute approximate surface area is 148 Å². The first kappa shape index (κ1) is 16.5. The number of halogens is 2. The molecule has 1 aliphatic rings. The van der Waals surface area contributed by atoms with Gasteiger partial charge in [0.05, 0.1) is 16.1 Å². The molecule has 0 radical (unpaired) electrons. The molecule has 8 heteroatoms. The molecule has 3 rings (SSSR count). The van der Waals surface area contributed by atoms with E-state index >= 15 is 0 Å². The molecule has 1 aromatic carbocycles. The minimum Gasteiger partial charge on any atom is -0.376 e. The fourth-order valence-corrected chi connectivity index (χ4v) is 3.24. The van der Waals surface area contributed by atoms with Crippen molar-refractivity contribution < 1.29 is 9.53 Å². The molecule has 122 valence electrons. The molecule has 0 bridgehead atoms. The van der Waals surface area contributed by atoms with Crippen molar-refractivity contribution in [3.63, 3.8) is 0 Å². The number of aromatic nitrogens is 1. The van der Waals surface area contributed by atoms with Crippen LogP contribution in [0.4, 0.5) is 10.8 Å². The third kappa shape index (κ3) is 4.35. The van der Waals surface area contributed by atoms with Crippen molar-refractivity contribution in [2.75, 3.05) is 18.5 Å². The third-order valence-corrected chi connectivity index (χ3v) is 4.92. The number of anilines is 2. The highest BCUT2D eigenvalue weighted by molar-refractivity contribution is 7.14. The second-order valence-corrected chi connectivity index (χ2v) is 6.81. The van der Waals surface area contributed by atoms with Crippen LogP contribution < -0.4 is 10.6 Å². The zero-order valence-corrected chi connectivity index (χ0v) is 14.5. The van der Waals surface area contributed by atoms with Gasteiger partial charge in [0.2, 0.25) is 0 Å². The second kappa shape index (κ2) is 7.49. The van der Waals surface area contributed by atoms with Crippen molar-refractivity contribution in [3.8, 4) is 0 Å². The first-order valence-electron chi connectivity index (χ1n) is 7.19. The van der Waals surface area contributed by atoms with E-state index in [0.29, 0.717) is 27.4 Å². The van der Waals surface area contributed by atoms with Gasteiger partial charge in [-0.3, -0.25) is 4.79 Å². The van der Waals surface area contributed by atoms with Crippen molar-refractivity contribution in [1.82, 2.24) is 10.3 Å². The molecule has 2 aromatic rings. The van der Waals surface area contributed by atoms with Gasteiger partial charge in [-0.1, -0.05) is 23.2 Å². The SMILES string of the molecule is O=C(NC[C@@H]1CCCO1)c1csc(Nc2ccc(Cl)c(Cl)c2)n1. The van der Waals surface area contributed by atoms with Gasteiger partial charge in [0.1, 0.15) is 5.69 Å². The van der Waals surface area contributed by atoms with Crippen molar-refractivity contribution in [3.05, 3.63) is 39.3 Å². The number of thiazole rings is 1. The van der Waals surface area contributed by atoms with Gasteiger partial charge in [-0.15, -0.1) is 11.3 Å². The van der Waals surface area contributed by atoms with Crippen LogP contribution in [-0.4, -0.2) is 30.1 Å². The number of carbonyl (C=O) groups is 1. The van der Waals surface area contributed by atoms with Crippen molar-refractivity contribution >= 4 is 51.3 Å². The highest BCUT2D eigenvalue weighted by atomic mass is 35.5. The summed E-state index contributed by atoms with van der Waals surface area (Å²) in [5, 5.41) is 9.23. The van der Waals surface area contributed by atoms with Gasteiger partial charge in [-0.2, -0.15) is 0 Å². The molecular formula is C15H15Cl2N3O2S. The first-order chi connectivity index (χ1) is 11.1. The Kier molecular flexibility index (Phi) is 5.38. The Morgan fingerprint density at radius 3 is 3.00 bits per heavy atom. The molecular weight excluding hydrogens is 357 g/mol. The first-order valence-corrected chi connectivity index (χ1v) is 8.83. The van der Waals surface area contributed by atoms with Crippen LogP contribution >= 0.6 is 34.5 Å². The number of nitrogens with one attached hydrogen (secondary N) is 2. The highest BCUT2D eigenvalue weighted by Crippen LogP contribution is 2.28. The number of nitrogens with zero attached hydrogens (tertiary/aromatic N) is 1. The van der Waals surface area contributed by atoms with E-state index in [1.807, 2.05) is 0 Å². The zero-order valence-electron chi connectivity index (χ0n) is 12.1. The number of amides is 1. The van der Waals surface area contributed by atoms with Crippen LogP contribution in [0.2, 0.25) is 10.0 Å². The lowest BCUT2D eigenvalue weighted by atomic mass is 10.2. The van der Waals surface area contributed by atoms with Crippen molar-refractivity contribution in [1.29, 1.82) is 0 Å². The topological polar surface area (TPSA) is 63.2 Å². The van der Waals surface area contributed by atoms with E-state index in [9.17, 15) is 4.79 Å². The van der Waals surface area contributed by atoms with Gasteiger partial charge in [-0.25, -0.2) is 4.98 Å². The fourth-order valence-electron chi connectivity index (χ4n) is 2.24. The van der Waals surface area contributed by atoms with Gasteiger partial charge >= 0.3 is 0 Å². The average Bonchev–Trinajstić information content (AvgIpc) is 3.20. The lowest BCUT2D eigenvalue weighted by Gasteiger charge is -2.09. The number of rotatable bonds is 5. The minimum atomic E-state index is -0.195. The molecule has 0 saturated carbocycles. The molecule has 1 saturated heterocycles. The van der Waals surface area contributed by atoms with E-state index in [4.69, 9.17) is 27.9 Å². The van der Waals surface area contributed by atoms with Crippen LogP contribution in [0.1, 0.15) is 23.3 Å². The van der Waals surface area contributed by atoms with Gasteiger partial charge in [0, 0.05) is 24.2 Å². The van der Waals surface area contributed by atoms with Crippen LogP contribution in [0.15, 0.2) is 23.6 Å². The van der Waals surface area contributed by atoms with Crippen LogP contribution in [0.5, 0.6) is 0 Å². The quantitative estimate of drug-likeness (QED) is 0.830. The molecule has 2 N–H and O–H groups in total. The number of benzene rings is 1. The summed E-state index contributed by atoms with van der Waals surface area (Å²) in [6.45, 7) is 1.29. The Morgan fingerprint density at radius 2 is 2.26 bits per heavy atom.